The maximum Gasteiger partial charge on any atom is 0.339 e. The van der Waals surface area contributed by atoms with Crippen molar-refractivity contribution < 1.29 is 37.3 Å². The summed E-state index contributed by atoms with van der Waals surface area (Å²) < 4.78 is 45.8. The van der Waals surface area contributed by atoms with Gasteiger partial charge in [-0.3, -0.25) is 4.79 Å². The molecule has 3 aromatic carbocycles. The zero-order valence-corrected chi connectivity index (χ0v) is 28.5. The summed E-state index contributed by atoms with van der Waals surface area (Å²) in [6.07, 6.45) is 5.95. The van der Waals surface area contributed by atoms with Crippen LogP contribution in [0.4, 0.5) is 0 Å². The van der Waals surface area contributed by atoms with Crippen LogP contribution >= 0.6 is 0 Å². The van der Waals surface area contributed by atoms with E-state index in [-0.39, 0.29) is 22.8 Å². The molecule has 0 saturated heterocycles. The van der Waals surface area contributed by atoms with Crippen molar-refractivity contribution in [1.82, 2.24) is 9.29 Å². The van der Waals surface area contributed by atoms with E-state index in [0.29, 0.717) is 35.9 Å². The first-order valence-corrected chi connectivity index (χ1v) is 17.4. The van der Waals surface area contributed by atoms with E-state index in [4.69, 9.17) is 9.47 Å². The molecular weight excluding hydrogens is 632 g/mol. The first-order chi connectivity index (χ1) is 23.0. The Labute approximate surface area is 281 Å². The molecule has 2 N–H and O–H groups in total. The summed E-state index contributed by atoms with van der Waals surface area (Å²) in [4.78, 5) is 24.5. The van der Waals surface area contributed by atoms with Crippen molar-refractivity contribution in [2.24, 2.45) is 11.8 Å². The molecule has 0 radical (unpaired) electrons. The number of amides is 1. The second-order valence-electron chi connectivity index (χ2n) is 12.3. The van der Waals surface area contributed by atoms with Crippen molar-refractivity contribution in [1.29, 1.82) is 0 Å². The number of aliphatic hydroxyl groups is 1. The normalized spacial score (nSPS) is 14.2. The van der Waals surface area contributed by atoms with Gasteiger partial charge in [0.25, 0.3) is 10.0 Å². The number of nitrogens with one attached hydrogen (secondary N) is 1. The predicted octanol–water partition coefficient (Wildman–Crippen LogP) is 5.19. The summed E-state index contributed by atoms with van der Waals surface area (Å²) in [5.41, 5.74) is 4.97. The fourth-order valence-corrected chi connectivity index (χ4v) is 7.82. The quantitative estimate of drug-likeness (QED) is 0.175. The third-order valence-electron chi connectivity index (χ3n) is 9.06. The number of benzene rings is 3. The number of aromatic nitrogens is 1. The molecule has 1 amide bonds. The zero-order chi connectivity index (χ0) is 34.4. The molecule has 4 aromatic rings. The monoisotopic (exact) mass is 674 g/mol. The van der Waals surface area contributed by atoms with Crippen molar-refractivity contribution in [3.05, 3.63) is 113 Å². The van der Waals surface area contributed by atoms with Crippen LogP contribution in [0.3, 0.4) is 0 Å². The largest absolute Gasteiger partial charge is 0.496 e. The maximum absolute atomic E-state index is 12.9. The fourth-order valence-electron chi connectivity index (χ4n) is 6.61. The third-order valence-corrected chi connectivity index (χ3v) is 10.5. The number of rotatable bonds is 14. The number of esters is 1. The number of ether oxygens (including phenoxy) is 3. The standard InChI is InChI=1S/C37H42N2O8S/c1-24-32(45-2)20-29(21-33(24)46-3)36(41)30(19-26-17-27-9-5-6-10-28(27)18-26)23-39-16-15-25(22-39)13-14-35(40)38-48(43,44)34-12-8-7-11-31(34)37(42)47-4/h5-12,15-16,20-22,26,30,36,41H,13-14,17-19,23H2,1-4H3,(H,38,40)/t30-,36-/m1/s1. The Balaban J connectivity index is 1.29. The molecule has 11 heteroatoms. The first kappa shape index (κ1) is 34.7. The van der Waals surface area contributed by atoms with Crippen molar-refractivity contribution in [2.45, 2.75) is 56.6 Å². The fraction of sp³-hybridized carbons (Fsp3) is 0.351. The SMILES string of the molecule is COC(=O)c1ccccc1S(=O)(=O)NC(=O)CCc1ccn(C[C@@H](CC2Cc3ccccc3C2)[C@H](O)c2cc(OC)c(C)c(OC)c2)c1. The van der Waals surface area contributed by atoms with Crippen LogP contribution in [-0.2, 0) is 45.4 Å². The van der Waals surface area contributed by atoms with E-state index in [2.05, 4.69) is 33.7 Å². The lowest BCUT2D eigenvalue weighted by Gasteiger charge is -2.27. The number of nitrogens with zero attached hydrogens (tertiary/aromatic N) is 1. The van der Waals surface area contributed by atoms with E-state index in [1.54, 1.807) is 14.2 Å². The van der Waals surface area contributed by atoms with Gasteiger partial charge in [-0.1, -0.05) is 36.4 Å². The molecule has 1 heterocycles. The van der Waals surface area contributed by atoms with E-state index in [9.17, 15) is 23.1 Å². The molecule has 2 atom stereocenters. The van der Waals surface area contributed by atoms with Gasteiger partial charge in [-0.2, -0.15) is 0 Å². The van der Waals surface area contributed by atoms with Gasteiger partial charge >= 0.3 is 5.97 Å². The van der Waals surface area contributed by atoms with Crippen LogP contribution in [0.2, 0.25) is 0 Å². The summed E-state index contributed by atoms with van der Waals surface area (Å²) in [5.74, 6) is 0.0110. The summed E-state index contributed by atoms with van der Waals surface area (Å²) in [7, 11) is 0.0662. The van der Waals surface area contributed by atoms with Crippen LogP contribution in [-0.4, -0.2) is 51.3 Å². The number of hydrogen-bond acceptors (Lipinski definition) is 8. The van der Waals surface area contributed by atoms with Gasteiger partial charge in [0, 0.05) is 36.8 Å². The Morgan fingerprint density at radius 3 is 2.21 bits per heavy atom. The van der Waals surface area contributed by atoms with E-state index in [1.165, 1.54) is 35.4 Å². The topological polar surface area (TPSA) is 133 Å². The Morgan fingerprint density at radius 1 is 0.958 bits per heavy atom. The second kappa shape index (κ2) is 15.1. The zero-order valence-electron chi connectivity index (χ0n) is 27.6. The molecule has 10 nitrogen and oxygen atoms in total. The minimum atomic E-state index is -4.29. The predicted molar refractivity (Wildman–Crippen MR) is 181 cm³/mol. The second-order valence-corrected chi connectivity index (χ2v) is 13.9. The highest BCUT2D eigenvalue weighted by molar-refractivity contribution is 7.90. The Kier molecular flexibility index (Phi) is 10.9. The van der Waals surface area contributed by atoms with Crippen molar-refractivity contribution >= 4 is 21.9 Å². The molecule has 0 bridgehead atoms. The van der Waals surface area contributed by atoms with Gasteiger partial charge in [0.2, 0.25) is 5.91 Å². The van der Waals surface area contributed by atoms with E-state index >= 15 is 0 Å². The Bertz CT molecular complexity index is 1830. The number of fused-ring (bicyclic) bond motifs is 1. The lowest BCUT2D eigenvalue weighted by molar-refractivity contribution is -0.119. The molecular formula is C37H42N2O8S. The molecule has 1 aliphatic rings. The van der Waals surface area contributed by atoms with Gasteiger partial charge < -0.3 is 23.9 Å². The summed E-state index contributed by atoms with van der Waals surface area (Å²) in [5, 5.41) is 11.8. The average molecular weight is 675 g/mol. The molecule has 0 spiro atoms. The molecule has 1 aromatic heterocycles. The third kappa shape index (κ3) is 7.91. The molecule has 254 valence electrons. The number of aryl methyl sites for hydroxylation is 1. The van der Waals surface area contributed by atoms with E-state index < -0.39 is 28.0 Å². The van der Waals surface area contributed by atoms with Crippen LogP contribution in [0.5, 0.6) is 11.5 Å². The summed E-state index contributed by atoms with van der Waals surface area (Å²) in [6, 6.07) is 19.7. The van der Waals surface area contributed by atoms with Crippen LogP contribution in [0.15, 0.2) is 84.0 Å². The highest BCUT2D eigenvalue weighted by Gasteiger charge is 2.30. The van der Waals surface area contributed by atoms with Gasteiger partial charge in [-0.05, 0) is 91.1 Å². The minimum absolute atomic E-state index is 0.0843. The Morgan fingerprint density at radius 2 is 1.58 bits per heavy atom. The van der Waals surface area contributed by atoms with Gasteiger partial charge in [-0.15, -0.1) is 0 Å². The first-order valence-electron chi connectivity index (χ1n) is 15.9. The lowest BCUT2D eigenvalue weighted by atomic mass is 9.85. The van der Waals surface area contributed by atoms with Crippen molar-refractivity contribution in [3.8, 4) is 11.5 Å². The molecule has 48 heavy (non-hydrogen) atoms. The highest BCUT2D eigenvalue weighted by Crippen LogP contribution is 2.39. The molecule has 0 unspecified atom stereocenters. The van der Waals surface area contributed by atoms with Gasteiger partial charge in [0.1, 0.15) is 16.4 Å². The van der Waals surface area contributed by atoms with Gasteiger partial charge in [0.05, 0.1) is 33.0 Å². The summed E-state index contributed by atoms with van der Waals surface area (Å²) in [6.45, 7) is 2.44. The van der Waals surface area contributed by atoms with Gasteiger partial charge in [-0.25, -0.2) is 17.9 Å². The number of carbonyl (C=O) groups excluding carboxylic acids is 2. The minimum Gasteiger partial charge on any atom is -0.496 e. The number of carbonyl (C=O) groups is 2. The highest BCUT2D eigenvalue weighted by atomic mass is 32.2. The molecule has 0 aliphatic heterocycles. The van der Waals surface area contributed by atoms with Crippen molar-refractivity contribution in [3.63, 3.8) is 0 Å². The lowest BCUT2D eigenvalue weighted by Crippen LogP contribution is -2.31. The van der Waals surface area contributed by atoms with Crippen LogP contribution in [0, 0.1) is 18.8 Å². The van der Waals surface area contributed by atoms with E-state index in [0.717, 1.165) is 37.5 Å². The van der Waals surface area contributed by atoms with Crippen molar-refractivity contribution in [2.75, 3.05) is 21.3 Å². The van der Waals surface area contributed by atoms with Gasteiger partial charge in [0.15, 0.2) is 0 Å². The number of sulfonamides is 1. The maximum atomic E-state index is 12.9. The van der Waals surface area contributed by atoms with Crippen LogP contribution in [0.25, 0.3) is 0 Å². The number of hydrogen-bond donors (Lipinski definition) is 2. The van der Waals surface area contributed by atoms with Crippen LogP contribution in [0.1, 0.15) is 57.1 Å². The average Bonchev–Trinajstić information content (AvgIpc) is 3.72. The number of methoxy groups -OCH3 is 3. The smallest absolute Gasteiger partial charge is 0.339 e. The molecule has 5 rings (SSSR count). The Hall–Kier alpha value is -4.61. The van der Waals surface area contributed by atoms with E-state index in [1.807, 2.05) is 42.1 Å². The molecule has 1 aliphatic carbocycles. The summed E-state index contributed by atoms with van der Waals surface area (Å²) >= 11 is 0. The molecule has 0 fully saturated rings. The van der Waals surface area contributed by atoms with Crippen LogP contribution < -0.4 is 14.2 Å². The molecule has 0 saturated carbocycles. The number of aliphatic hydroxyl groups excluding tert-OH is 1.